The van der Waals surface area contributed by atoms with Crippen LogP contribution < -0.4 is 9.64 Å². The van der Waals surface area contributed by atoms with E-state index in [2.05, 4.69) is 26.0 Å². The summed E-state index contributed by atoms with van der Waals surface area (Å²) in [4.78, 5) is 35.8. The van der Waals surface area contributed by atoms with E-state index in [0.29, 0.717) is 32.6 Å². The average Bonchev–Trinajstić information content (AvgIpc) is 3.38. The predicted molar refractivity (Wildman–Crippen MR) is 168 cm³/mol. The number of hydrogen-bond acceptors (Lipinski definition) is 9. The summed E-state index contributed by atoms with van der Waals surface area (Å²) in [7, 11) is 1.81. The van der Waals surface area contributed by atoms with Gasteiger partial charge in [-0.2, -0.15) is 15.2 Å². The number of aromatic nitrogens is 4. The molecule has 2 aliphatic rings. The fourth-order valence-electron chi connectivity index (χ4n) is 6.12. The van der Waals surface area contributed by atoms with Gasteiger partial charge in [0.05, 0.1) is 23.9 Å². The average molecular weight is 651 g/mol. The van der Waals surface area contributed by atoms with Crippen LogP contribution in [0.25, 0.3) is 32.9 Å². The smallest absolute Gasteiger partial charge is 0.319 e. The zero-order chi connectivity index (χ0) is 32.4. The molecule has 3 atom stereocenters. The van der Waals surface area contributed by atoms with E-state index in [1.54, 1.807) is 25.4 Å². The minimum atomic E-state index is -0.977. The minimum absolute atomic E-state index is 0.0116. The Kier molecular flexibility index (Phi) is 9.19. The van der Waals surface area contributed by atoms with Crippen LogP contribution in [0.5, 0.6) is 6.01 Å². The Morgan fingerprint density at radius 3 is 2.80 bits per heavy atom. The number of benzene rings is 1. The molecule has 2 saturated heterocycles. The number of piperazine rings is 1. The highest BCUT2D eigenvalue weighted by Crippen LogP contribution is 2.37. The third kappa shape index (κ3) is 6.15. The number of alkyl halides is 2. The molecule has 4 aromatic rings. The number of ether oxygens (including phenoxy) is 1. The van der Waals surface area contributed by atoms with E-state index >= 15 is 4.39 Å². The van der Waals surface area contributed by atoms with Gasteiger partial charge in [0.2, 0.25) is 5.91 Å². The van der Waals surface area contributed by atoms with Crippen LogP contribution in [0.3, 0.4) is 0 Å². The molecule has 2 fully saturated rings. The molecule has 0 unspecified atom stereocenters. The Bertz CT molecular complexity index is 1850. The lowest BCUT2D eigenvalue weighted by Gasteiger charge is -2.41. The normalized spacial score (nSPS) is 20.6. The van der Waals surface area contributed by atoms with Gasteiger partial charge in [-0.05, 0) is 25.6 Å². The molecular weight excluding hydrogens is 621 g/mol. The lowest BCUT2D eigenvalue weighted by atomic mass is 10.0. The lowest BCUT2D eigenvalue weighted by Crippen LogP contribution is -2.55. The van der Waals surface area contributed by atoms with E-state index in [-0.39, 0.29) is 68.9 Å². The summed E-state index contributed by atoms with van der Waals surface area (Å²) in [5, 5.41) is 11.5. The fourth-order valence-corrected chi connectivity index (χ4v) is 6.40. The maximum absolute atomic E-state index is 16.6. The number of nitriles is 1. The molecular formula is C32H30ClF3N8O2. The number of pyridine rings is 2. The Labute approximate surface area is 268 Å². The minimum Gasteiger partial charge on any atom is -0.462 e. The first-order valence-electron chi connectivity index (χ1n) is 14.8. The highest BCUT2D eigenvalue weighted by Gasteiger charge is 2.33. The van der Waals surface area contributed by atoms with Crippen LogP contribution in [0.4, 0.5) is 19.0 Å². The van der Waals surface area contributed by atoms with E-state index in [1.165, 1.54) is 17.3 Å². The maximum atomic E-state index is 16.6. The molecule has 3 aromatic heterocycles. The number of halogens is 4. The zero-order valence-corrected chi connectivity index (χ0v) is 25.7. The summed E-state index contributed by atoms with van der Waals surface area (Å²) >= 11 is 6.53. The Morgan fingerprint density at radius 2 is 2.04 bits per heavy atom. The van der Waals surface area contributed by atoms with Crippen LogP contribution in [0, 0.1) is 17.1 Å². The second-order valence-electron chi connectivity index (χ2n) is 11.3. The van der Waals surface area contributed by atoms with Crippen LogP contribution in [0.15, 0.2) is 48.9 Å². The Morgan fingerprint density at radius 1 is 1.20 bits per heavy atom. The molecule has 1 amide bonds. The SMILES string of the molecule is CN1C[C@H](F)C[C@H]1COc1nc(N2CCN(C(=O)C=CCF)[C@@H](CC#N)C2)c2cnc(-c3cncc4cccc(Cl)c34)c(F)c2n1. The number of likely N-dealkylation sites (N-methyl/N-ethyl adjacent to an activating group) is 1. The number of hydrogen-bond donors (Lipinski definition) is 0. The molecule has 14 heteroatoms. The van der Waals surface area contributed by atoms with Crippen molar-refractivity contribution in [3.63, 3.8) is 0 Å². The maximum Gasteiger partial charge on any atom is 0.319 e. The van der Waals surface area contributed by atoms with Gasteiger partial charge in [0.15, 0.2) is 5.82 Å². The van der Waals surface area contributed by atoms with Gasteiger partial charge in [0.1, 0.15) is 36.5 Å². The number of carbonyl (C=O) groups excluding carboxylic acids is 1. The van der Waals surface area contributed by atoms with Crippen molar-refractivity contribution in [1.29, 1.82) is 5.26 Å². The monoisotopic (exact) mass is 650 g/mol. The van der Waals surface area contributed by atoms with E-state index in [4.69, 9.17) is 16.3 Å². The summed E-state index contributed by atoms with van der Waals surface area (Å²) < 4.78 is 49.3. The van der Waals surface area contributed by atoms with Crippen molar-refractivity contribution in [2.45, 2.75) is 31.1 Å². The highest BCUT2D eigenvalue weighted by atomic mass is 35.5. The molecule has 0 bridgehead atoms. The van der Waals surface area contributed by atoms with Crippen molar-refractivity contribution in [3.05, 3.63) is 59.8 Å². The van der Waals surface area contributed by atoms with Gasteiger partial charge in [-0.15, -0.1) is 0 Å². The second kappa shape index (κ2) is 13.4. The third-order valence-electron chi connectivity index (χ3n) is 8.41. The molecule has 2 aliphatic heterocycles. The number of likely N-dealkylation sites (tertiary alicyclic amines) is 1. The van der Waals surface area contributed by atoms with Crippen LogP contribution in [-0.4, -0.2) is 100 Å². The number of rotatable bonds is 8. The van der Waals surface area contributed by atoms with Crippen molar-refractivity contribution in [2.75, 3.05) is 51.4 Å². The second-order valence-corrected chi connectivity index (χ2v) is 11.7. The van der Waals surface area contributed by atoms with Crippen molar-refractivity contribution in [2.24, 2.45) is 0 Å². The molecule has 0 saturated carbocycles. The van der Waals surface area contributed by atoms with Gasteiger partial charge in [-0.3, -0.25) is 19.7 Å². The molecule has 0 N–H and O–H groups in total. The number of carbonyl (C=O) groups is 1. The Hall–Kier alpha value is -4.54. The van der Waals surface area contributed by atoms with Crippen molar-refractivity contribution in [1.82, 2.24) is 29.7 Å². The first kappa shape index (κ1) is 31.4. The number of nitrogens with zero attached hydrogens (tertiary/aromatic N) is 8. The first-order chi connectivity index (χ1) is 22.3. The van der Waals surface area contributed by atoms with E-state index in [1.807, 2.05) is 15.9 Å². The number of amides is 1. The van der Waals surface area contributed by atoms with Crippen LogP contribution in [-0.2, 0) is 4.79 Å². The fraction of sp³-hybridized carbons (Fsp3) is 0.375. The van der Waals surface area contributed by atoms with Gasteiger partial charge in [-0.1, -0.05) is 23.7 Å². The summed E-state index contributed by atoms with van der Waals surface area (Å²) in [6.45, 7) is 0.271. The lowest BCUT2D eigenvalue weighted by molar-refractivity contribution is -0.128. The number of allylic oxidation sites excluding steroid dienone is 1. The summed E-state index contributed by atoms with van der Waals surface area (Å²) in [5.74, 6) is -0.828. The van der Waals surface area contributed by atoms with E-state index < -0.39 is 30.6 Å². The van der Waals surface area contributed by atoms with E-state index in [9.17, 15) is 18.8 Å². The quantitative estimate of drug-likeness (QED) is 0.246. The number of anilines is 1. The van der Waals surface area contributed by atoms with Crippen molar-refractivity contribution >= 4 is 45.0 Å². The molecule has 238 valence electrons. The molecule has 0 spiro atoms. The van der Waals surface area contributed by atoms with Crippen LogP contribution >= 0.6 is 11.6 Å². The predicted octanol–water partition coefficient (Wildman–Crippen LogP) is 4.91. The summed E-state index contributed by atoms with van der Waals surface area (Å²) in [6.07, 6.45) is 6.21. The number of fused-ring (bicyclic) bond motifs is 2. The molecule has 10 nitrogen and oxygen atoms in total. The largest absolute Gasteiger partial charge is 0.462 e. The van der Waals surface area contributed by atoms with Crippen molar-refractivity contribution in [3.8, 4) is 23.3 Å². The molecule has 5 heterocycles. The molecule has 1 aromatic carbocycles. The highest BCUT2D eigenvalue weighted by molar-refractivity contribution is 6.36. The summed E-state index contributed by atoms with van der Waals surface area (Å²) in [5.41, 5.74) is 0.315. The molecule has 0 radical (unpaired) electrons. The van der Waals surface area contributed by atoms with Gasteiger partial charge in [0, 0.05) is 78.2 Å². The topological polar surface area (TPSA) is 111 Å². The van der Waals surface area contributed by atoms with Crippen LogP contribution in [0.2, 0.25) is 5.02 Å². The molecule has 46 heavy (non-hydrogen) atoms. The summed E-state index contributed by atoms with van der Waals surface area (Å²) in [6, 6.07) is 6.55. The van der Waals surface area contributed by atoms with Crippen molar-refractivity contribution < 1.29 is 22.7 Å². The third-order valence-corrected chi connectivity index (χ3v) is 8.73. The Balaban J connectivity index is 1.43. The van der Waals surface area contributed by atoms with Gasteiger partial charge < -0.3 is 14.5 Å². The zero-order valence-electron chi connectivity index (χ0n) is 24.9. The van der Waals surface area contributed by atoms with Gasteiger partial charge in [0.25, 0.3) is 0 Å². The van der Waals surface area contributed by atoms with Gasteiger partial charge in [-0.25, -0.2) is 13.2 Å². The first-order valence-corrected chi connectivity index (χ1v) is 15.2. The standard InChI is InChI=1S/C32H30ClF3N8O2/c1-42-16-20(35)12-22(42)18-46-32-40-30-24(15-39-29(28(30)36)23-14-38-13-19-4-2-5-25(33)27(19)23)31(41-32)43-10-11-44(21(17-43)7-9-37)26(45)6-3-8-34/h2-6,13-15,20-22H,7-8,10-12,16-18H2,1H3/t20-,21+,22+/m1/s1. The van der Waals surface area contributed by atoms with Crippen LogP contribution in [0.1, 0.15) is 12.8 Å². The van der Waals surface area contributed by atoms with Gasteiger partial charge >= 0.3 is 6.01 Å². The van der Waals surface area contributed by atoms with E-state index in [0.717, 1.165) is 12.2 Å². The molecule has 0 aliphatic carbocycles. The molecule has 6 rings (SSSR count).